The van der Waals surface area contributed by atoms with Crippen LogP contribution < -0.4 is 16.5 Å². The Labute approximate surface area is 251 Å². The Hall–Kier alpha value is -3.87. The normalized spacial score (nSPS) is 20.1. The van der Waals surface area contributed by atoms with Crippen molar-refractivity contribution in [1.82, 2.24) is 20.7 Å². The molecule has 0 saturated carbocycles. The van der Waals surface area contributed by atoms with E-state index in [1.807, 2.05) is 37.3 Å². The van der Waals surface area contributed by atoms with E-state index in [4.69, 9.17) is 19.9 Å². The highest BCUT2D eigenvalue weighted by Gasteiger charge is 2.43. The second-order valence-electron chi connectivity index (χ2n) is 11.4. The van der Waals surface area contributed by atoms with Crippen molar-refractivity contribution in [2.45, 2.75) is 65.1 Å². The van der Waals surface area contributed by atoms with Crippen LogP contribution in [0.1, 0.15) is 51.8 Å². The number of nitrogens with two attached hydrogens (primary N) is 1. The lowest BCUT2D eigenvalue weighted by atomic mass is 9.88. The molecule has 12 nitrogen and oxygen atoms in total. The number of nitrogens with one attached hydrogen (secondary N) is 2. The predicted molar refractivity (Wildman–Crippen MR) is 159 cm³/mol. The summed E-state index contributed by atoms with van der Waals surface area (Å²) < 4.78 is 16.8. The number of fused-ring (bicyclic) bond motifs is 1. The number of carbonyl (C=O) groups excluding carboxylic acids is 4. The molecule has 43 heavy (non-hydrogen) atoms. The van der Waals surface area contributed by atoms with Gasteiger partial charge in [-0.25, -0.2) is 5.43 Å². The minimum absolute atomic E-state index is 0.0110. The number of pyridine rings is 1. The van der Waals surface area contributed by atoms with E-state index in [-0.39, 0.29) is 20.0 Å². The third kappa shape index (κ3) is 7.75. The summed E-state index contributed by atoms with van der Waals surface area (Å²) in [6.45, 7) is 7.50. The van der Waals surface area contributed by atoms with E-state index < -0.39 is 53.2 Å². The van der Waals surface area contributed by atoms with Gasteiger partial charge >= 0.3 is 5.97 Å². The van der Waals surface area contributed by atoms with Gasteiger partial charge < -0.3 is 25.3 Å². The molecule has 0 spiro atoms. The predicted octanol–water partition coefficient (Wildman–Crippen LogP) is 1.85. The van der Waals surface area contributed by atoms with Gasteiger partial charge in [-0.1, -0.05) is 51.1 Å². The van der Waals surface area contributed by atoms with E-state index in [1.165, 1.54) is 11.9 Å². The molecule has 2 aliphatic heterocycles. The van der Waals surface area contributed by atoms with Gasteiger partial charge in [0.25, 0.3) is 11.8 Å². The number of rotatable bonds is 10. The number of ether oxygens (including phenoxy) is 3. The average Bonchev–Trinajstić information content (AvgIpc) is 3.01. The number of primary amides is 1. The van der Waals surface area contributed by atoms with Crippen LogP contribution in [0.25, 0.3) is 17.0 Å². The summed E-state index contributed by atoms with van der Waals surface area (Å²) in [6.07, 6.45) is 4.25. The third-order valence-corrected chi connectivity index (χ3v) is 7.65. The minimum atomic E-state index is -1.29. The lowest BCUT2D eigenvalue weighted by molar-refractivity contribution is -0.192. The highest BCUT2D eigenvalue weighted by molar-refractivity contribution is 5.91. The number of aromatic nitrogens is 1. The van der Waals surface area contributed by atoms with Crippen LogP contribution in [0.3, 0.4) is 0 Å². The molecule has 0 radical (unpaired) electrons. The molecule has 1 aromatic heterocycles. The molecular formula is C31H41N5O7. The lowest BCUT2D eigenvalue weighted by Gasteiger charge is -2.35. The summed E-state index contributed by atoms with van der Waals surface area (Å²) in [6, 6.07) is 8.27. The fourth-order valence-corrected chi connectivity index (χ4v) is 5.03. The first-order chi connectivity index (χ1) is 20.5. The molecule has 0 bridgehead atoms. The molecule has 2 aliphatic rings. The van der Waals surface area contributed by atoms with Crippen LogP contribution in [-0.4, -0.2) is 78.4 Å². The van der Waals surface area contributed by atoms with Gasteiger partial charge in [-0.2, -0.15) is 0 Å². The molecule has 2 aromatic rings. The van der Waals surface area contributed by atoms with Crippen LogP contribution in [0, 0.1) is 11.3 Å². The largest absolute Gasteiger partial charge is 0.451 e. The number of hydrogen-bond donors (Lipinski definition) is 3. The highest BCUT2D eigenvalue weighted by Crippen LogP contribution is 2.29. The van der Waals surface area contributed by atoms with Crippen LogP contribution in [-0.2, 0) is 39.8 Å². The summed E-state index contributed by atoms with van der Waals surface area (Å²) >= 11 is 0. The molecule has 2 fully saturated rings. The molecule has 12 heteroatoms. The first kappa shape index (κ1) is 32.1. The summed E-state index contributed by atoms with van der Waals surface area (Å²) in [4.78, 5) is 56.2. The van der Waals surface area contributed by atoms with E-state index in [0.717, 1.165) is 28.6 Å². The maximum absolute atomic E-state index is 13.7. The molecule has 0 unspecified atom stereocenters. The molecule has 3 heterocycles. The maximum Gasteiger partial charge on any atom is 0.321 e. The molecule has 3 amide bonds. The van der Waals surface area contributed by atoms with Crippen LogP contribution in [0.15, 0.2) is 36.4 Å². The lowest BCUT2D eigenvalue weighted by Crippen LogP contribution is -2.61. The van der Waals surface area contributed by atoms with Gasteiger partial charge in [-0.05, 0) is 49.8 Å². The molecular weight excluding hydrogens is 554 g/mol. The van der Waals surface area contributed by atoms with Crippen molar-refractivity contribution in [3.63, 3.8) is 0 Å². The number of hydrogen-bond acceptors (Lipinski definition) is 9. The number of nitrogens with zero attached hydrogens (tertiary/aromatic N) is 2. The molecule has 4 N–H and O–H groups in total. The summed E-state index contributed by atoms with van der Waals surface area (Å²) in [5.41, 5.74) is 9.57. The van der Waals surface area contributed by atoms with Crippen LogP contribution in [0.4, 0.5) is 0 Å². The quantitative estimate of drug-likeness (QED) is 0.348. The van der Waals surface area contributed by atoms with Gasteiger partial charge in [0.15, 0.2) is 6.10 Å². The molecule has 2 saturated heterocycles. The van der Waals surface area contributed by atoms with Crippen LogP contribution >= 0.6 is 0 Å². The van der Waals surface area contributed by atoms with Gasteiger partial charge in [0.05, 0.1) is 18.7 Å². The van der Waals surface area contributed by atoms with Crippen molar-refractivity contribution >= 4 is 40.7 Å². The van der Waals surface area contributed by atoms with Crippen molar-refractivity contribution in [3.8, 4) is 0 Å². The monoisotopic (exact) mass is 595 g/mol. The van der Waals surface area contributed by atoms with E-state index in [9.17, 15) is 19.2 Å². The number of esters is 1. The van der Waals surface area contributed by atoms with Gasteiger partial charge in [-0.15, -0.1) is 0 Å². The maximum atomic E-state index is 13.7. The Bertz CT molecular complexity index is 1370. The van der Waals surface area contributed by atoms with Gasteiger partial charge in [0, 0.05) is 17.6 Å². The van der Waals surface area contributed by atoms with Gasteiger partial charge in [-0.3, -0.25) is 29.2 Å². The number of benzene rings is 1. The van der Waals surface area contributed by atoms with Crippen molar-refractivity contribution in [2.75, 3.05) is 26.6 Å². The van der Waals surface area contributed by atoms with E-state index in [1.54, 1.807) is 26.0 Å². The Kier molecular flexibility index (Phi) is 10.5. The van der Waals surface area contributed by atoms with Crippen molar-refractivity contribution < 1.29 is 33.4 Å². The summed E-state index contributed by atoms with van der Waals surface area (Å²) in [5, 5.41) is 4.96. The fourth-order valence-electron chi connectivity index (χ4n) is 5.03. The zero-order chi connectivity index (χ0) is 31.1. The fraction of sp³-hybridized carbons (Fsp3) is 0.516. The van der Waals surface area contributed by atoms with Gasteiger partial charge in [0.1, 0.15) is 24.3 Å². The van der Waals surface area contributed by atoms with Gasteiger partial charge in [0.2, 0.25) is 5.91 Å². The SMILES string of the molecule is CCc1ccc2ccc(/C=C/C3(C(=O)O[C@H](C(=O)N[C@@H](C)C(=O)N4CCC[C@@H](C(N)=O)N4)C(C)C)COCOC3)cc2n1. The highest BCUT2D eigenvalue weighted by atomic mass is 16.7. The molecule has 232 valence electrons. The van der Waals surface area contributed by atoms with E-state index in [0.29, 0.717) is 19.4 Å². The van der Waals surface area contributed by atoms with E-state index >= 15 is 0 Å². The van der Waals surface area contributed by atoms with E-state index in [2.05, 4.69) is 15.7 Å². The standard InChI is InChI=1S/C31H41N5O7/c1-5-23-11-10-22-9-8-21(15-25(22)34-23)12-13-31(16-41-18-42-17-31)30(40)43-26(19(2)3)28(38)33-20(4)29(39)36-14-6-7-24(35-36)27(32)37/h8-13,15,19-20,24,26,35H,5-7,14,16-18H2,1-4H3,(H2,32,37)(H,33,38)/b13-12+/t20-,24-,26-/m0/s1. The second kappa shape index (κ2) is 14.1. The Balaban J connectivity index is 1.47. The second-order valence-corrected chi connectivity index (χ2v) is 11.4. The first-order valence-electron chi connectivity index (χ1n) is 14.7. The Morgan fingerprint density at radius 2 is 1.91 bits per heavy atom. The molecule has 3 atom stereocenters. The number of aryl methyl sites for hydroxylation is 1. The molecule has 0 aliphatic carbocycles. The molecule has 1 aromatic carbocycles. The summed E-state index contributed by atoms with van der Waals surface area (Å²) in [7, 11) is 0. The number of amides is 3. The Morgan fingerprint density at radius 3 is 2.58 bits per heavy atom. The average molecular weight is 596 g/mol. The zero-order valence-corrected chi connectivity index (χ0v) is 25.1. The van der Waals surface area contributed by atoms with Crippen molar-refractivity contribution in [2.24, 2.45) is 17.1 Å². The third-order valence-electron chi connectivity index (χ3n) is 7.65. The molecule has 4 rings (SSSR count). The summed E-state index contributed by atoms with van der Waals surface area (Å²) in [5.74, 6) is -2.67. The van der Waals surface area contributed by atoms with Crippen molar-refractivity contribution in [3.05, 3.63) is 47.7 Å². The topological polar surface area (TPSA) is 162 Å². The minimum Gasteiger partial charge on any atom is -0.451 e. The number of hydrazine groups is 1. The van der Waals surface area contributed by atoms with Crippen LogP contribution in [0.5, 0.6) is 0 Å². The first-order valence-corrected chi connectivity index (χ1v) is 14.7. The smallest absolute Gasteiger partial charge is 0.321 e. The van der Waals surface area contributed by atoms with Crippen molar-refractivity contribution in [1.29, 1.82) is 0 Å². The van der Waals surface area contributed by atoms with Crippen LogP contribution in [0.2, 0.25) is 0 Å². The number of carbonyl (C=O) groups is 4. The zero-order valence-electron chi connectivity index (χ0n) is 25.1. The Morgan fingerprint density at radius 1 is 1.19 bits per heavy atom.